The summed E-state index contributed by atoms with van der Waals surface area (Å²) in [6.45, 7) is 1.32. The minimum absolute atomic E-state index is 0.0509. The molecular formula is C20H23N3O6. The Kier molecular flexibility index (Phi) is 5.95. The molecule has 1 aromatic carbocycles. The molecule has 3 rings (SSSR count). The minimum Gasteiger partial charge on any atom is -0.449 e. The first-order valence-electron chi connectivity index (χ1n) is 9.59. The second-order valence-electron chi connectivity index (χ2n) is 7.15. The summed E-state index contributed by atoms with van der Waals surface area (Å²) in [6.07, 6.45) is 3.42. The summed E-state index contributed by atoms with van der Waals surface area (Å²) in [4.78, 5) is 62.2. The number of hydrogen-bond acceptors (Lipinski definition) is 6. The molecule has 1 aliphatic carbocycles. The van der Waals surface area contributed by atoms with E-state index in [1.165, 1.54) is 37.1 Å². The average molecular weight is 401 g/mol. The van der Waals surface area contributed by atoms with Crippen LogP contribution in [0.15, 0.2) is 18.2 Å². The zero-order chi connectivity index (χ0) is 21.1. The first-order chi connectivity index (χ1) is 13.8. The molecule has 0 bridgehead atoms. The Morgan fingerprint density at radius 2 is 1.72 bits per heavy atom. The molecule has 1 atom stereocenters. The average Bonchev–Trinajstić information content (AvgIpc) is 2.98. The summed E-state index contributed by atoms with van der Waals surface area (Å²) in [5, 5.41) is 4.23. The van der Waals surface area contributed by atoms with Crippen LogP contribution in [0.25, 0.3) is 0 Å². The Balaban J connectivity index is 1.73. The zero-order valence-corrected chi connectivity index (χ0v) is 16.3. The van der Waals surface area contributed by atoms with Crippen LogP contribution in [0.2, 0.25) is 0 Å². The van der Waals surface area contributed by atoms with Gasteiger partial charge in [-0.25, -0.2) is 9.59 Å². The van der Waals surface area contributed by atoms with E-state index in [0.29, 0.717) is 0 Å². The minimum atomic E-state index is -1.22. The van der Waals surface area contributed by atoms with Gasteiger partial charge in [0.2, 0.25) is 0 Å². The van der Waals surface area contributed by atoms with Crippen LogP contribution < -0.4 is 10.6 Å². The van der Waals surface area contributed by atoms with Gasteiger partial charge < -0.3 is 10.1 Å². The number of urea groups is 1. The van der Waals surface area contributed by atoms with Crippen molar-refractivity contribution >= 4 is 29.7 Å². The zero-order valence-electron chi connectivity index (χ0n) is 16.3. The Morgan fingerprint density at radius 1 is 1.07 bits per heavy atom. The Hall–Kier alpha value is -3.23. The first kappa shape index (κ1) is 20.5. The summed E-state index contributed by atoms with van der Waals surface area (Å²) in [7, 11) is 1.35. The van der Waals surface area contributed by atoms with Gasteiger partial charge in [0.05, 0.1) is 16.7 Å². The van der Waals surface area contributed by atoms with E-state index in [1.807, 2.05) is 5.32 Å². The van der Waals surface area contributed by atoms with Crippen molar-refractivity contribution in [1.82, 2.24) is 15.5 Å². The van der Waals surface area contributed by atoms with Gasteiger partial charge in [-0.05, 0) is 38.0 Å². The van der Waals surface area contributed by atoms with Crippen LogP contribution in [0, 0.1) is 0 Å². The maximum atomic E-state index is 12.8. The van der Waals surface area contributed by atoms with Crippen LogP contribution in [-0.4, -0.2) is 53.8 Å². The summed E-state index contributed by atoms with van der Waals surface area (Å²) >= 11 is 0. The number of nitrogens with zero attached hydrogens (tertiary/aromatic N) is 1. The Bertz CT molecular complexity index is 875. The number of amides is 5. The molecule has 0 spiro atoms. The molecule has 9 heteroatoms. The van der Waals surface area contributed by atoms with Crippen LogP contribution in [0.5, 0.6) is 0 Å². The van der Waals surface area contributed by atoms with E-state index >= 15 is 0 Å². The van der Waals surface area contributed by atoms with E-state index in [9.17, 15) is 24.0 Å². The number of rotatable bonds is 4. The number of benzene rings is 1. The molecule has 0 radical (unpaired) electrons. The molecule has 5 amide bonds. The van der Waals surface area contributed by atoms with Gasteiger partial charge in [-0.3, -0.25) is 24.6 Å². The molecule has 154 valence electrons. The maximum Gasteiger partial charge on any atom is 0.338 e. The third-order valence-corrected chi connectivity index (χ3v) is 5.21. The van der Waals surface area contributed by atoms with Crippen molar-refractivity contribution < 1.29 is 28.7 Å². The summed E-state index contributed by atoms with van der Waals surface area (Å²) in [6, 6.07) is 3.32. The largest absolute Gasteiger partial charge is 0.449 e. The van der Waals surface area contributed by atoms with Gasteiger partial charge in [0.1, 0.15) is 0 Å². The third kappa shape index (κ3) is 4.13. The number of carbonyl (C=O) groups excluding carboxylic acids is 5. The van der Waals surface area contributed by atoms with Crippen LogP contribution >= 0.6 is 0 Å². The number of esters is 1. The fourth-order valence-corrected chi connectivity index (χ4v) is 3.62. The Labute approximate surface area is 167 Å². The van der Waals surface area contributed by atoms with Crippen molar-refractivity contribution in [2.24, 2.45) is 0 Å². The molecule has 0 saturated heterocycles. The standard InChI is InChI=1S/C20H23N3O6/c1-11(16(24)22-20(28)21-2)29-19(27)12-8-9-14-15(10-12)18(26)23(17(14)25)13-6-4-3-5-7-13/h8-11,13H,3-7H2,1-2H3,(H2,21,22,24,28)/t11-/m0/s1. The molecule has 9 nitrogen and oxygen atoms in total. The lowest BCUT2D eigenvalue weighted by Gasteiger charge is -2.29. The molecule has 1 aliphatic heterocycles. The van der Waals surface area contributed by atoms with Gasteiger partial charge in [0.25, 0.3) is 17.7 Å². The highest BCUT2D eigenvalue weighted by molar-refractivity contribution is 6.22. The molecule has 1 fully saturated rings. The lowest BCUT2D eigenvalue weighted by Crippen LogP contribution is -2.43. The molecule has 1 aromatic rings. The number of carbonyl (C=O) groups is 5. The van der Waals surface area contributed by atoms with Crippen LogP contribution in [0.3, 0.4) is 0 Å². The monoisotopic (exact) mass is 401 g/mol. The topological polar surface area (TPSA) is 122 Å². The van der Waals surface area contributed by atoms with E-state index in [2.05, 4.69) is 5.32 Å². The molecule has 2 N–H and O–H groups in total. The summed E-state index contributed by atoms with van der Waals surface area (Å²) in [5.74, 6) is -2.36. The van der Waals surface area contributed by atoms with E-state index < -0.39 is 29.9 Å². The quantitative estimate of drug-likeness (QED) is 0.584. The van der Waals surface area contributed by atoms with E-state index in [4.69, 9.17) is 4.74 Å². The number of hydrogen-bond donors (Lipinski definition) is 2. The second kappa shape index (κ2) is 8.42. The fourth-order valence-electron chi connectivity index (χ4n) is 3.62. The van der Waals surface area contributed by atoms with Gasteiger partial charge in [0, 0.05) is 13.1 Å². The summed E-state index contributed by atoms with van der Waals surface area (Å²) < 4.78 is 5.07. The van der Waals surface area contributed by atoms with Gasteiger partial charge in [0.15, 0.2) is 6.10 Å². The second-order valence-corrected chi connectivity index (χ2v) is 7.15. The van der Waals surface area contributed by atoms with Crippen molar-refractivity contribution in [3.8, 4) is 0 Å². The molecule has 29 heavy (non-hydrogen) atoms. The lowest BCUT2D eigenvalue weighted by molar-refractivity contribution is -0.127. The predicted octanol–water partition coefficient (Wildman–Crippen LogP) is 1.62. The van der Waals surface area contributed by atoms with Crippen LogP contribution in [0.4, 0.5) is 4.79 Å². The van der Waals surface area contributed by atoms with Crippen LogP contribution in [-0.2, 0) is 9.53 Å². The van der Waals surface area contributed by atoms with E-state index in [0.717, 1.165) is 32.1 Å². The van der Waals surface area contributed by atoms with Crippen molar-refractivity contribution in [3.63, 3.8) is 0 Å². The predicted molar refractivity (Wildman–Crippen MR) is 101 cm³/mol. The van der Waals surface area contributed by atoms with Gasteiger partial charge in [-0.1, -0.05) is 19.3 Å². The van der Waals surface area contributed by atoms with E-state index in [-0.39, 0.29) is 28.6 Å². The van der Waals surface area contributed by atoms with Crippen molar-refractivity contribution in [1.29, 1.82) is 0 Å². The van der Waals surface area contributed by atoms with Crippen LogP contribution in [0.1, 0.15) is 70.1 Å². The highest BCUT2D eigenvalue weighted by Crippen LogP contribution is 2.31. The smallest absolute Gasteiger partial charge is 0.338 e. The third-order valence-electron chi connectivity index (χ3n) is 5.21. The van der Waals surface area contributed by atoms with Crippen molar-refractivity contribution in [2.45, 2.75) is 51.2 Å². The highest BCUT2D eigenvalue weighted by atomic mass is 16.5. The van der Waals surface area contributed by atoms with Gasteiger partial charge in [-0.2, -0.15) is 0 Å². The maximum absolute atomic E-state index is 12.8. The molecule has 2 aliphatic rings. The molecule has 1 heterocycles. The van der Waals surface area contributed by atoms with Crippen molar-refractivity contribution in [3.05, 3.63) is 34.9 Å². The molecule has 1 saturated carbocycles. The van der Waals surface area contributed by atoms with Crippen molar-refractivity contribution in [2.75, 3.05) is 7.05 Å². The lowest BCUT2D eigenvalue weighted by atomic mass is 9.94. The Morgan fingerprint density at radius 3 is 2.38 bits per heavy atom. The fraction of sp³-hybridized carbons (Fsp3) is 0.450. The van der Waals surface area contributed by atoms with Gasteiger partial charge in [-0.15, -0.1) is 0 Å². The number of ether oxygens (including phenoxy) is 1. The number of fused-ring (bicyclic) bond motifs is 1. The van der Waals surface area contributed by atoms with E-state index in [1.54, 1.807) is 0 Å². The summed E-state index contributed by atoms with van der Waals surface area (Å²) in [5.41, 5.74) is 0.481. The highest BCUT2D eigenvalue weighted by Gasteiger charge is 2.40. The molecule has 0 aromatic heterocycles. The number of imide groups is 2. The number of nitrogens with one attached hydrogen (secondary N) is 2. The first-order valence-corrected chi connectivity index (χ1v) is 9.59. The van der Waals surface area contributed by atoms with Gasteiger partial charge >= 0.3 is 12.0 Å². The SMILES string of the molecule is CNC(=O)NC(=O)[C@H](C)OC(=O)c1ccc2c(c1)C(=O)N(C1CCCCC1)C2=O. The molecular weight excluding hydrogens is 378 g/mol. The molecule has 0 unspecified atom stereocenters. The normalized spacial score (nSPS) is 17.5.